The normalized spacial score (nSPS) is 15.2. The van der Waals surface area contributed by atoms with Gasteiger partial charge in [-0.25, -0.2) is 4.79 Å². The summed E-state index contributed by atoms with van der Waals surface area (Å²) in [6.45, 7) is 8.20. The molecule has 0 atom stereocenters. The first-order valence-electron chi connectivity index (χ1n) is 11.2. The van der Waals surface area contributed by atoms with Gasteiger partial charge in [-0.2, -0.15) is 0 Å². The van der Waals surface area contributed by atoms with Crippen molar-refractivity contribution in [3.05, 3.63) is 54.2 Å². The van der Waals surface area contributed by atoms with Crippen LogP contribution in [-0.2, 0) is 0 Å². The maximum absolute atomic E-state index is 12.4. The molecule has 0 aliphatic carbocycles. The second kappa shape index (κ2) is 9.88. The lowest BCUT2D eigenvalue weighted by atomic mass is 9.89. The maximum Gasteiger partial charge on any atom is 0.417 e. The number of hydrogen-bond acceptors (Lipinski definition) is 4. The van der Waals surface area contributed by atoms with E-state index < -0.39 is 6.09 Å². The fourth-order valence-corrected chi connectivity index (χ4v) is 4.39. The zero-order valence-electron chi connectivity index (χ0n) is 18.3. The van der Waals surface area contributed by atoms with Crippen LogP contribution in [0.25, 0.3) is 10.9 Å². The van der Waals surface area contributed by atoms with Gasteiger partial charge in [0.25, 0.3) is 0 Å². The molecule has 1 fully saturated rings. The van der Waals surface area contributed by atoms with Crippen molar-refractivity contribution < 1.29 is 14.3 Å². The van der Waals surface area contributed by atoms with Crippen LogP contribution < -0.4 is 14.8 Å². The number of nitrogens with one attached hydrogen (secondary N) is 2. The summed E-state index contributed by atoms with van der Waals surface area (Å²) in [5.41, 5.74) is 3.16. The van der Waals surface area contributed by atoms with E-state index in [0.29, 0.717) is 24.0 Å². The molecule has 6 nitrogen and oxygen atoms in total. The van der Waals surface area contributed by atoms with Crippen molar-refractivity contribution in [2.24, 2.45) is 0 Å². The van der Waals surface area contributed by atoms with Crippen LogP contribution in [0.1, 0.15) is 44.6 Å². The van der Waals surface area contributed by atoms with E-state index in [1.165, 1.54) is 36.8 Å². The Balaban J connectivity index is 1.44. The average molecular weight is 422 g/mol. The molecule has 1 aliphatic heterocycles. The molecule has 3 aromatic rings. The number of hydrogen-bond donors (Lipinski definition) is 2. The van der Waals surface area contributed by atoms with Crippen molar-refractivity contribution >= 4 is 22.7 Å². The molecule has 1 saturated heterocycles. The SMILES string of the molecule is CCCN1CCC(c2c[nH]c3ccc(NC(=O)Oc4cccc(OCC)c4)cc23)CC1. The summed E-state index contributed by atoms with van der Waals surface area (Å²) in [6.07, 6.45) is 5.16. The van der Waals surface area contributed by atoms with E-state index in [2.05, 4.69) is 28.3 Å². The monoisotopic (exact) mass is 421 g/mol. The Hall–Kier alpha value is -2.99. The van der Waals surface area contributed by atoms with Gasteiger partial charge in [-0.15, -0.1) is 0 Å². The highest BCUT2D eigenvalue weighted by Gasteiger charge is 2.22. The van der Waals surface area contributed by atoms with Crippen molar-refractivity contribution in [3.63, 3.8) is 0 Å². The lowest BCUT2D eigenvalue weighted by Gasteiger charge is -2.31. The van der Waals surface area contributed by atoms with Gasteiger partial charge in [0.05, 0.1) is 6.61 Å². The predicted molar refractivity (Wildman–Crippen MR) is 124 cm³/mol. The molecule has 31 heavy (non-hydrogen) atoms. The molecule has 4 rings (SSSR count). The van der Waals surface area contributed by atoms with Crippen LogP contribution in [0.2, 0.25) is 0 Å². The number of nitrogens with zero attached hydrogens (tertiary/aromatic N) is 1. The minimum atomic E-state index is -0.516. The number of anilines is 1. The Labute approximate surface area is 183 Å². The standard InChI is InChI=1S/C25H31N3O3/c1-3-12-28-13-10-18(11-14-28)23-17-26-24-9-8-19(15-22(23)24)27-25(29)31-21-7-5-6-20(16-21)30-4-2/h5-9,15-18,26H,3-4,10-14H2,1-2H3,(H,27,29). The van der Waals surface area contributed by atoms with E-state index in [0.717, 1.165) is 24.3 Å². The number of benzene rings is 2. The molecule has 0 unspecified atom stereocenters. The van der Waals surface area contributed by atoms with Gasteiger partial charge in [0.15, 0.2) is 0 Å². The number of H-pyrrole nitrogens is 1. The fraction of sp³-hybridized carbons (Fsp3) is 0.400. The molecule has 1 aliphatic rings. The highest BCUT2D eigenvalue weighted by Crippen LogP contribution is 2.34. The third-order valence-corrected chi connectivity index (χ3v) is 5.85. The zero-order valence-corrected chi connectivity index (χ0v) is 18.3. The first-order chi connectivity index (χ1) is 15.2. The van der Waals surface area contributed by atoms with Crippen LogP contribution in [0.15, 0.2) is 48.7 Å². The number of piperidine rings is 1. The summed E-state index contributed by atoms with van der Waals surface area (Å²) in [5, 5.41) is 4.03. The Morgan fingerprint density at radius 2 is 1.94 bits per heavy atom. The van der Waals surface area contributed by atoms with Crippen molar-refractivity contribution in [2.45, 2.75) is 39.0 Å². The quantitative estimate of drug-likeness (QED) is 0.508. The molecule has 1 aromatic heterocycles. The van der Waals surface area contributed by atoms with E-state index in [-0.39, 0.29) is 0 Å². The summed E-state index contributed by atoms with van der Waals surface area (Å²) < 4.78 is 10.9. The van der Waals surface area contributed by atoms with Crippen LogP contribution in [0.5, 0.6) is 11.5 Å². The topological polar surface area (TPSA) is 66.6 Å². The van der Waals surface area contributed by atoms with E-state index in [9.17, 15) is 4.79 Å². The second-order valence-electron chi connectivity index (χ2n) is 8.04. The number of aromatic nitrogens is 1. The Bertz CT molecular complexity index is 1020. The van der Waals surface area contributed by atoms with E-state index in [1.54, 1.807) is 18.2 Å². The van der Waals surface area contributed by atoms with Gasteiger partial charge in [0, 0.05) is 28.9 Å². The van der Waals surface area contributed by atoms with Crippen LogP contribution in [-0.4, -0.2) is 42.2 Å². The van der Waals surface area contributed by atoms with Crippen LogP contribution in [0.3, 0.4) is 0 Å². The summed E-state index contributed by atoms with van der Waals surface area (Å²) in [4.78, 5) is 18.4. The molecule has 0 spiro atoms. The van der Waals surface area contributed by atoms with Crippen molar-refractivity contribution in [3.8, 4) is 11.5 Å². The lowest BCUT2D eigenvalue weighted by Crippen LogP contribution is -2.33. The van der Waals surface area contributed by atoms with Crippen molar-refractivity contribution in [1.82, 2.24) is 9.88 Å². The zero-order chi connectivity index (χ0) is 21.6. The molecule has 0 radical (unpaired) electrons. The van der Waals surface area contributed by atoms with Crippen LogP contribution in [0.4, 0.5) is 10.5 Å². The number of fused-ring (bicyclic) bond motifs is 1. The lowest BCUT2D eigenvalue weighted by molar-refractivity contribution is 0.213. The number of likely N-dealkylation sites (tertiary alicyclic amines) is 1. The first-order valence-corrected chi connectivity index (χ1v) is 11.2. The summed E-state index contributed by atoms with van der Waals surface area (Å²) in [6, 6.07) is 13.0. The van der Waals surface area contributed by atoms with Crippen LogP contribution >= 0.6 is 0 Å². The molecule has 2 heterocycles. The molecular formula is C25H31N3O3. The van der Waals surface area contributed by atoms with Gasteiger partial charge < -0.3 is 19.4 Å². The molecule has 164 valence electrons. The van der Waals surface area contributed by atoms with E-state index in [1.807, 2.05) is 31.2 Å². The third kappa shape index (κ3) is 5.20. The summed E-state index contributed by atoms with van der Waals surface area (Å²) in [5.74, 6) is 1.67. The van der Waals surface area contributed by atoms with Crippen molar-refractivity contribution in [1.29, 1.82) is 0 Å². The fourth-order valence-electron chi connectivity index (χ4n) is 4.39. The summed E-state index contributed by atoms with van der Waals surface area (Å²) >= 11 is 0. The summed E-state index contributed by atoms with van der Waals surface area (Å²) in [7, 11) is 0. The number of carbonyl (C=O) groups is 1. The highest BCUT2D eigenvalue weighted by molar-refractivity contribution is 5.92. The number of rotatable bonds is 7. The number of amides is 1. The molecule has 2 N–H and O–H groups in total. The van der Waals surface area contributed by atoms with Crippen molar-refractivity contribution in [2.75, 3.05) is 31.6 Å². The minimum absolute atomic E-state index is 0.450. The number of ether oxygens (including phenoxy) is 2. The number of carbonyl (C=O) groups excluding carboxylic acids is 1. The Morgan fingerprint density at radius 1 is 1.13 bits per heavy atom. The molecular weight excluding hydrogens is 390 g/mol. The molecule has 1 amide bonds. The highest BCUT2D eigenvalue weighted by atomic mass is 16.6. The van der Waals surface area contributed by atoms with E-state index in [4.69, 9.17) is 9.47 Å². The van der Waals surface area contributed by atoms with Crippen LogP contribution in [0, 0.1) is 0 Å². The second-order valence-corrected chi connectivity index (χ2v) is 8.04. The van der Waals surface area contributed by atoms with E-state index >= 15 is 0 Å². The minimum Gasteiger partial charge on any atom is -0.494 e. The third-order valence-electron chi connectivity index (χ3n) is 5.85. The Morgan fingerprint density at radius 3 is 2.71 bits per heavy atom. The van der Waals surface area contributed by atoms with Gasteiger partial charge in [-0.05, 0) is 87.6 Å². The first kappa shape index (κ1) is 21.2. The van der Waals surface area contributed by atoms with Gasteiger partial charge in [-0.3, -0.25) is 5.32 Å². The van der Waals surface area contributed by atoms with Gasteiger partial charge in [0.2, 0.25) is 0 Å². The maximum atomic E-state index is 12.4. The van der Waals surface area contributed by atoms with Gasteiger partial charge in [0.1, 0.15) is 11.5 Å². The molecule has 2 aromatic carbocycles. The van der Waals surface area contributed by atoms with Gasteiger partial charge in [-0.1, -0.05) is 13.0 Å². The average Bonchev–Trinajstić information content (AvgIpc) is 3.18. The van der Waals surface area contributed by atoms with Gasteiger partial charge >= 0.3 is 6.09 Å². The predicted octanol–water partition coefficient (Wildman–Crippen LogP) is 5.77. The molecule has 6 heteroatoms. The molecule has 0 bridgehead atoms. The molecule has 0 saturated carbocycles. The smallest absolute Gasteiger partial charge is 0.417 e. The Kier molecular flexibility index (Phi) is 6.77. The largest absolute Gasteiger partial charge is 0.494 e. The number of aromatic amines is 1.